The highest BCUT2D eigenvalue weighted by Crippen LogP contribution is 2.29. The molecule has 112 valence electrons. The summed E-state index contributed by atoms with van der Waals surface area (Å²) < 4.78 is 20.3. The van der Waals surface area contributed by atoms with E-state index in [4.69, 9.17) is 13.9 Å². The van der Waals surface area contributed by atoms with Crippen molar-refractivity contribution >= 4 is 11.7 Å². The molecule has 0 radical (unpaired) electrons. The highest BCUT2D eigenvalue weighted by Gasteiger charge is 2.16. The van der Waals surface area contributed by atoms with E-state index in [0.29, 0.717) is 23.6 Å². The average molecular weight is 291 g/mol. The van der Waals surface area contributed by atoms with E-state index in [1.165, 1.54) is 13.4 Å². The molecule has 0 amide bonds. The Morgan fingerprint density at radius 3 is 2.67 bits per heavy atom. The van der Waals surface area contributed by atoms with Gasteiger partial charge in [-0.15, -0.1) is 0 Å². The third-order valence-electron chi connectivity index (χ3n) is 2.99. The van der Waals surface area contributed by atoms with E-state index >= 15 is 0 Å². The molecule has 0 saturated heterocycles. The van der Waals surface area contributed by atoms with Crippen LogP contribution < -0.4 is 14.8 Å². The fourth-order valence-corrected chi connectivity index (χ4v) is 1.89. The van der Waals surface area contributed by atoms with Gasteiger partial charge in [0, 0.05) is 18.2 Å². The molecular formula is C15H17NO5. The molecule has 0 atom stereocenters. The SMILES string of the molecule is COC(=O)c1occc1CNc1cc(OC)ccc1OC. The van der Waals surface area contributed by atoms with Crippen LogP contribution in [0.3, 0.4) is 0 Å². The van der Waals surface area contributed by atoms with Crippen molar-refractivity contribution in [2.24, 2.45) is 0 Å². The van der Waals surface area contributed by atoms with E-state index < -0.39 is 5.97 Å². The molecule has 0 aliphatic carbocycles. The lowest BCUT2D eigenvalue weighted by Gasteiger charge is -2.12. The van der Waals surface area contributed by atoms with Crippen LogP contribution in [0.5, 0.6) is 11.5 Å². The normalized spacial score (nSPS) is 10.0. The van der Waals surface area contributed by atoms with Crippen LogP contribution in [0, 0.1) is 0 Å². The van der Waals surface area contributed by atoms with Crippen molar-refractivity contribution in [2.75, 3.05) is 26.6 Å². The van der Waals surface area contributed by atoms with Crippen LogP contribution in [0.25, 0.3) is 0 Å². The Morgan fingerprint density at radius 2 is 2.00 bits per heavy atom. The van der Waals surface area contributed by atoms with Gasteiger partial charge in [-0.2, -0.15) is 0 Å². The first-order valence-corrected chi connectivity index (χ1v) is 6.30. The number of carbonyl (C=O) groups excluding carboxylic acids is 1. The lowest BCUT2D eigenvalue weighted by molar-refractivity contribution is 0.0563. The number of methoxy groups -OCH3 is 3. The maximum Gasteiger partial charge on any atom is 0.374 e. The zero-order valence-corrected chi connectivity index (χ0v) is 12.1. The smallest absolute Gasteiger partial charge is 0.374 e. The molecule has 2 rings (SSSR count). The van der Waals surface area contributed by atoms with Crippen molar-refractivity contribution in [3.05, 3.63) is 41.9 Å². The highest BCUT2D eigenvalue weighted by atomic mass is 16.5. The molecule has 1 aromatic heterocycles. The molecule has 0 spiro atoms. The van der Waals surface area contributed by atoms with Gasteiger partial charge in [0.2, 0.25) is 5.76 Å². The minimum atomic E-state index is -0.505. The molecule has 21 heavy (non-hydrogen) atoms. The van der Waals surface area contributed by atoms with E-state index in [9.17, 15) is 4.79 Å². The second-order valence-electron chi connectivity index (χ2n) is 4.19. The number of nitrogens with one attached hydrogen (secondary N) is 1. The second kappa shape index (κ2) is 6.69. The molecule has 0 unspecified atom stereocenters. The van der Waals surface area contributed by atoms with Gasteiger partial charge in [0.15, 0.2) is 0 Å². The summed E-state index contributed by atoms with van der Waals surface area (Å²) in [5, 5.41) is 3.19. The van der Waals surface area contributed by atoms with Crippen molar-refractivity contribution in [3.8, 4) is 11.5 Å². The average Bonchev–Trinajstić information content (AvgIpc) is 3.00. The van der Waals surface area contributed by atoms with Crippen LogP contribution in [0.4, 0.5) is 5.69 Å². The molecule has 0 aliphatic heterocycles. The van der Waals surface area contributed by atoms with Crippen LogP contribution in [0.15, 0.2) is 34.9 Å². The molecule has 6 heteroatoms. The number of hydrogen-bond acceptors (Lipinski definition) is 6. The number of furan rings is 1. The highest BCUT2D eigenvalue weighted by molar-refractivity contribution is 5.87. The fourth-order valence-electron chi connectivity index (χ4n) is 1.89. The first-order chi connectivity index (χ1) is 10.2. The van der Waals surface area contributed by atoms with Crippen LogP contribution in [0.2, 0.25) is 0 Å². The fraction of sp³-hybridized carbons (Fsp3) is 0.267. The Balaban J connectivity index is 2.16. The predicted octanol–water partition coefficient (Wildman–Crippen LogP) is 2.70. The molecule has 0 fully saturated rings. The molecule has 1 N–H and O–H groups in total. The Morgan fingerprint density at radius 1 is 1.19 bits per heavy atom. The van der Waals surface area contributed by atoms with Gasteiger partial charge in [0.25, 0.3) is 0 Å². The minimum absolute atomic E-state index is 0.187. The number of rotatable bonds is 6. The Labute approximate surface area is 122 Å². The summed E-state index contributed by atoms with van der Waals surface area (Å²) in [6, 6.07) is 7.14. The van der Waals surface area contributed by atoms with Gasteiger partial charge in [-0.3, -0.25) is 0 Å². The van der Waals surface area contributed by atoms with Gasteiger partial charge in [0.1, 0.15) is 11.5 Å². The van der Waals surface area contributed by atoms with E-state index in [2.05, 4.69) is 10.1 Å². The lowest BCUT2D eigenvalue weighted by atomic mass is 10.2. The number of ether oxygens (including phenoxy) is 3. The third kappa shape index (κ3) is 3.28. The predicted molar refractivity (Wildman–Crippen MR) is 76.9 cm³/mol. The summed E-state index contributed by atoms with van der Waals surface area (Å²) in [6.45, 7) is 0.393. The number of esters is 1. The van der Waals surface area contributed by atoms with E-state index in [1.54, 1.807) is 26.4 Å². The van der Waals surface area contributed by atoms with Crippen molar-refractivity contribution in [2.45, 2.75) is 6.54 Å². The monoisotopic (exact) mass is 291 g/mol. The van der Waals surface area contributed by atoms with Crippen molar-refractivity contribution in [1.29, 1.82) is 0 Å². The zero-order valence-electron chi connectivity index (χ0n) is 12.1. The Bertz CT molecular complexity index is 620. The zero-order chi connectivity index (χ0) is 15.2. The number of benzene rings is 1. The summed E-state index contributed by atoms with van der Waals surface area (Å²) in [6.07, 6.45) is 1.45. The Hall–Kier alpha value is -2.63. The summed E-state index contributed by atoms with van der Waals surface area (Å²) in [7, 11) is 4.49. The van der Waals surface area contributed by atoms with Crippen LogP contribution >= 0.6 is 0 Å². The molecule has 0 saturated carbocycles. The minimum Gasteiger partial charge on any atom is -0.497 e. The largest absolute Gasteiger partial charge is 0.497 e. The maximum atomic E-state index is 11.5. The van der Waals surface area contributed by atoms with E-state index in [1.807, 2.05) is 12.1 Å². The molecule has 1 heterocycles. The maximum absolute atomic E-state index is 11.5. The van der Waals surface area contributed by atoms with Gasteiger partial charge >= 0.3 is 5.97 Å². The van der Waals surface area contributed by atoms with Crippen molar-refractivity contribution in [3.63, 3.8) is 0 Å². The van der Waals surface area contributed by atoms with Gasteiger partial charge in [0.05, 0.1) is 33.3 Å². The quantitative estimate of drug-likeness (QED) is 0.825. The number of anilines is 1. The number of carbonyl (C=O) groups is 1. The van der Waals surface area contributed by atoms with Crippen molar-refractivity contribution in [1.82, 2.24) is 0 Å². The molecule has 6 nitrogen and oxygen atoms in total. The molecule has 0 aliphatic rings. The van der Waals surface area contributed by atoms with Gasteiger partial charge in [-0.25, -0.2) is 4.79 Å². The third-order valence-corrected chi connectivity index (χ3v) is 2.99. The standard InChI is InChI=1S/C15H17NO5/c1-18-11-4-5-13(19-2)12(8-11)16-9-10-6-7-21-14(10)15(17)20-3/h4-8,16H,9H2,1-3H3. The molecule has 1 aromatic carbocycles. The van der Waals surface area contributed by atoms with E-state index in [0.717, 1.165) is 5.69 Å². The molecule has 0 bridgehead atoms. The van der Waals surface area contributed by atoms with Crippen molar-refractivity contribution < 1.29 is 23.4 Å². The lowest BCUT2D eigenvalue weighted by Crippen LogP contribution is -2.07. The topological polar surface area (TPSA) is 69.9 Å². The molecule has 2 aromatic rings. The van der Waals surface area contributed by atoms with Gasteiger partial charge in [-0.05, 0) is 18.2 Å². The first-order valence-electron chi connectivity index (χ1n) is 6.30. The molecular weight excluding hydrogens is 274 g/mol. The number of hydrogen-bond donors (Lipinski definition) is 1. The summed E-state index contributed by atoms with van der Waals surface area (Å²) in [4.78, 5) is 11.5. The van der Waals surface area contributed by atoms with Gasteiger partial charge < -0.3 is 23.9 Å². The van der Waals surface area contributed by atoms with Crippen LogP contribution in [-0.2, 0) is 11.3 Å². The Kier molecular flexibility index (Phi) is 4.71. The van der Waals surface area contributed by atoms with E-state index in [-0.39, 0.29) is 5.76 Å². The summed E-state index contributed by atoms with van der Waals surface area (Å²) in [5.74, 6) is 1.07. The second-order valence-corrected chi connectivity index (χ2v) is 4.19. The van der Waals surface area contributed by atoms with Crippen LogP contribution in [0.1, 0.15) is 16.1 Å². The first kappa shape index (κ1) is 14.8. The summed E-state index contributed by atoms with van der Waals surface area (Å²) >= 11 is 0. The van der Waals surface area contributed by atoms with Crippen LogP contribution in [-0.4, -0.2) is 27.3 Å². The van der Waals surface area contributed by atoms with Gasteiger partial charge in [-0.1, -0.05) is 0 Å². The summed E-state index contributed by atoms with van der Waals surface area (Å²) in [5.41, 5.74) is 1.46.